The second-order valence-corrected chi connectivity index (χ2v) is 6.75. The van der Waals surface area contributed by atoms with Gasteiger partial charge in [-0.2, -0.15) is 13.2 Å². The number of nitrogens with zero attached hydrogens (tertiary/aromatic N) is 2. The quantitative estimate of drug-likeness (QED) is 0.650. The van der Waals surface area contributed by atoms with Gasteiger partial charge in [0.25, 0.3) is 5.56 Å². The van der Waals surface area contributed by atoms with Crippen LogP contribution in [-0.4, -0.2) is 22.1 Å². The maximum absolute atomic E-state index is 12.8. The zero-order chi connectivity index (χ0) is 21.0. The molecule has 6 nitrogen and oxygen atoms in total. The van der Waals surface area contributed by atoms with E-state index in [9.17, 15) is 22.8 Å². The van der Waals surface area contributed by atoms with Crippen LogP contribution in [-0.2, 0) is 17.5 Å². The van der Waals surface area contributed by atoms with Crippen molar-refractivity contribution in [2.45, 2.75) is 19.6 Å². The van der Waals surface area contributed by atoms with E-state index in [1.54, 1.807) is 17.5 Å². The van der Waals surface area contributed by atoms with E-state index < -0.39 is 29.8 Å². The molecule has 0 fully saturated rings. The molecule has 29 heavy (non-hydrogen) atoms. The Hall–Kier alpha value is -3.14. The highest BCUT2D eigenvalue weighted by Gasteiger charge is 2.34. The average Bonchev–Trinajstić information content (AvgIpc) is 3.11. The van der Waals surface area contributed by atoms with Gasteiger partial charge in [-0.15, -0.1) is 11.3 Å². The summed E-state index contributed by atoms with van der Waals surface area (Å²) in [5.74, 6) is 0.0746. The van der Waals surface area contributed by atoms with Crippen molar-refractivity contribution < 1.29 is 22.7 Å². The molecular weight excluding hydrogens is 407 g/mol. The van der Waals surface area contributed by atoms with Crippen LogP contribution in [0.5, 0.6) is 5.75 Å². The van der Waals surface area contributed by atoms with E-state index in [0.29, 0.717) is 22.9 Å². The number of rotatable bonds is 6. The van der Waals surface area contributed by atoms with E-state index in [2.05, 4.69) is 10.3 Å². The topological polar surface area (TPSA) is 73.2 Å². The highest BCUT2D eigenvalue weighted by atomic mass is 32.1. The molecule has 0 unspecified atom stereocenters. The molecule has 1 aromatic carbocycles. The van der Waals surface area contributed by atoms with Gasteiger partial charge in [0.05, 0.1) is 12.3 Å². The van der Waals surface area contributed by atoms with Crippen LogP contribution in [0.3, 0.4) is 0 Å². The Morgan fingerprint density at radius 2 is 1.97 bits per heavy atom. The zero-order valence-electron chi connectivity index (χ0n) is 15.2. The van der Waals surface area contributed by atoms with Crippen molar-refractivity contribution in [3.05, 3.63) is 63.9 Å². The van der Waals surface area contributed by atoms with Gasteiger partial charge in [0.2, 0.25) is 5.91 Å². The molecule has 0 spiro atoms. The smallest absolute Gasteiger partial charge is 0.421 e. The molecular formula is C19H16F3N3O3S. The molecule has 0 atom stereocenters. The minimum atomic E-state index is -4.78. The van der Waals surface area contributed by atoms with Crippen LogP contribution in [0, 0.1) is 0 Å². The lowest BCUT2D eigenvalue weighted by atomic mass is 10.2. The standard InChI is InChI=1S/C19H16F3N3O3S/c1-2-28-13-7-5-12(6-8-13)15-11-29-18(23-15)24-16(26)10-25-9-3-4-14(17(25)27)19(20,21)22/h3-9,11H,2,10H2,1H3,(H,23,24,26). The van der Waals surface area contributed by atoms with E-state index in [0.717, 1.165) is 23.6 Å². The van der Waals surface area contributed by atoms with E-state index in [4.69, 9.17) is 4.74 Å². The van der Waals surface area contributed by atoms with E-state index in [1.165, 1.54) is 11.3 Å². The van der Waals surface area contributed by atoms with Crippen molar-refractivity contribution in [3.8, 4) is 17.0 Å². The van der Waals surface area contributed by atoms with Gasteiger partial charge < -0.3 is 14.6 Å². The molecule has 0 aliphatic carbocycles. The Balaban J connectivity index is 1.69. The lowest BCUT2D eigenvalue weighted by Gasteiger charge is -2.09. The Morgan fingerprint density at radius 3 is 2.62 bits per heavy atom. The van der Waals surface area contributed by atoms with Gasteiger partial charge in [-0.05, 0) is 43.3 Å². The van der Waals surface area contributed by atoms with Crippen LogP contribution in [0.25, 0.3) is 11.3 Å². The summed E-state index contributed by atoms with van der Waals surface area (Å²) in [5, 5.41) is 4.52. The third-order valence-corrected chi connectivity index (χ3v) is 4.61. The van der Waals surface area contributed by atoms with Crippen LogP contribution < -0.4 is 15.6 Å². The van der Waals surface area contributed by atoms with Gasteiger partial charge in [-0.1, -0.05) is 0 Å². The molecule has 3 rings (SSSR count). The van der Waals surface area contributed by atoms with Crippen molar-refractivity contribution >= 4 is 22.4 Å². The number of pyridine rings is 1. The van der Waals surface area contributed by atoms with Crippen molar-refractivity contribution in [1.29, 1.82) is 0 Å². The highest BCUT2D eigenvalue weighted by molar-refractivity contribution is 7.14. The first kappa shape index (κ1) is 20.6. The van der Waals surface area contributed by atoms with Crippen LogP contribution >= 0.6 is 11.3 Å². The number of carbonyl (C=O) groups is 1. The van der Waals surface area contributed by atoms with E-state index >= 15 is 0 Å². The Morgan fingerprint density at radius 1 is 1.24 bits per heavy atom. The predicted molar refractivity (Wildman–Crippen MR) is 103 cm³/mol. The summed E-state index contributed by atoms with van der Waals surface area (Å²) in [6.45, 7) is 1.89. The number of anilines is 1. The summed E-state index contributed by atoms with van der Waals surface area (Å²) in [6, 6.07) is 9.01. The summed E-state index contributed by atoms with van der Waals surface area (Å²) < 4.78 is 44.5. The molecule has 0 saturated heterocycles. The van der Waals surface area contributed by atoms with Crippen LogP contribution in [0.4, 0.5) is 18.3 Å². The van der Waals surface area contributed by atoms with Crippen LogP contribution in [0.1, 0.15) is 12.5 Å². The SMILES string of the molecule is CCOc1ccc(-c2csc(NC(=O)Cn3cccc(C(F)(F)F)c3=O)n2)cc1. The van der Waals surface area contributed by atoms with Crippen LogP contribution in [0.15, 0.2) is 52.8 Å². The first-order chi connectivity index (χ1) is 13.8. The summed E-state index contributed by atoms with van der Waals surface area (Å²) in [4.78, 5) is 28.4. The summed E-state index contributed by atoms with van der Waals surface area (Å²) in [6.07, 6.45) is -3.65. The monoisotopic (exact) mass is 423 g/mol. The third kappa shape index (κ3) is 5.02. The molecule has 2 heterocycles. The Labute approximate surface area is 167 Å². The molecule has 0 aliphatic heterocycles. The number of thiazole rings is 1. The Bertz CT molecular complexity index is 1060. The van der Waals surface area contributed by atoms with Gasteiger partial charge >= 0.3 is 6.18 Å². The molecule has 0 saturated carbocycles. The highest BCUT2D eigenvalue weighted by Crippen LogP contribution is 2.27. The Kier molecular flexibility index (Phi) is 6.02. The largest absolute Gasteiger partial charge is 0.494 e. The minimum Gasteiger partial charge on any atom is -0.494 e. The van der Waals surface area contributed by atoms with Crippen molar-refractivity contribution in [3.63, 3.8) is 0 Å². The lowest BCUT2D eigenvalue weighted by molar-refractivity contribution is -0.139. The van der Waals surface area contributed by atoms with Crippen molar-refractivity contribution in [1.82, 2.24) is 9.55 Å². The second-order valence-electron chi connectivity index (χ2n) is 5.90. The summed E-state index contributed by atoms with van der Waals surface area (Å²) >= 11 is 1.17. The number of hydrogen-bond donors (Lipinski definition) is 1. The summed E-state index contributed by atoms with van der Waals surface area (Å²) in [7, 11) is 0. The number of carbonyl (C=O) groups excluding carboxylic acids is 1. The molecule has 0 bridgehead atoms. The zero-order valence-corrected chi connectivity index (χ0v) is 16.0. The van der Waals surface area contributed by atoms with Crippen LogP contribution in [0.2, 0.25) is 0 Å². The molecule has 0 aliphatic rings. The van der Waals surface area contributed by atoms with Gasteiger partial charge in [0.15, 0.2) is 5.13 Å². The number of nitrogens with one attached hydrogen (secondary N) is 1. The number of halogens is 3. The maximum Gasteiger partial charge on any atom is 0.421 e. The molecule has 1 amide bonds. The molecule has 3 aromatic rings. The normalized spacial score (nSPS) is 11.3. The number of alkyl halides is 3. The van der Waals surface area contributed by atoms with Gasteiger partial charge in [-0.25, -0.2) is 4.98 Å². The fourth-order valence-corrected chi connectivity index (χ4v) is 3.28. The number of amides is 1. The van der Waals surface area contributed by atoms with E-state index in [-0.39, 0.29) is 5.13 Å². The first-order valence-corrected chi connectivity index (χ1v) is 9.41. The fraction of sp³-hybridized carbons (Fsp3) is 0.211. The van der Waals surface area contributed by atoms with Crippen molar-refractivity contribution in [2.75, 3.05) is 11.9 Å². The second kappa shape index (κ2) is 8.48. The molecule has 2 aromatic heterocycles. The third-order valence-electron chi connectivity index (χ3n) is 3.85. The van der Waals surface area contributed by atoms with Crippen molar-refractivity contribution in [2.24, 2.45) is 0 Å². The number of benzene rings is 1. The number of hydrogen-bond acceptors (Lipinski definition) is 5. The first-order valence-electron chi connectivity index (χ1n) is 8.53. The lowest BCUT2D eigenvalue weighted by Crippen LogP contribution is -2.31. The molecule has 1 N–H and O–H groups in total. The average molecular weight is 423 g/mol. The minimum absolute atomic E-state index is 0.277. The number of ether oxygens (including phenoxy) is 1. The molecule has 10 heteroatoms. The molecule has 152 valence electrons. The predicted octanol–water partition coefficient (Wildman–Crippen LogP) is 4.03. The fourth-order valence-electron chi connectivity index (χ4n) is 2.54. The molecule has 0 radical (unpaired) electrons. The van der Waals surface area contributed by atoms with E-state index in [1.807, 2.05) is 19.1 Å². The maximum atomic E-state index is 12.8. The van der Waals surface area contributed by atoms with Gasteiger partial charge in [0, 0.05) is 17.1 Å². The summed E-state index contributed by atoms with van der Waals surface area (Å²) in [5.41, 5.74) is -1.15. The van der Waals surface area contributed by atoms with Gasteiger partial charge in [0.1, 0.15) is 17.9 Å². The van der Waals surface area contributed by atoms with Gasteiger partial charge in [-0.3, -0.25) is 9.59 Å². The number of aromatic nitrogens is 2.